The quantitative estimate of drug-likeness (QED) is 0.788. The molecule has 2 aromatic rings. The number of hydrogen-bond acceptors (Lipinski definition) is 3. The van der Waals surface area contributed by atoms with Crippen LogP contribution in [0.15, 0.2) is 36.5 Å². The number of ether oxygens (including phenoxy) is 1. The Labute approximate surface area is 108 Å². The molecule has 1 N–H and O–H groups in total. The maximum Gasteiger partial charge on any atom is 0.119 e. The number of hydrogen-bond donors (Lipinski definition) is 1. The van der Waals surface area contributed by atoms with Gasteiger partial charge in [0, 0.05) is 19.8 Å². The summed E-state index contributed by atoms with van der Waals surface area (Å²) in [5.41, 5.74) is 2.48. The smallest absolute Gasteiger partial charge is 0.119 e. The summed E-state index contributed by atoms with van der Waals surface area (Å²) in [5, 5.41) is 7.55. The first-order valence-electron chi connectivity index (χ1n) is 6.10. The molecule has 0 unspecified atom stereocenters. The summed E-state index contributed by atoms with van der Waals surface area (Å²) < 4.78 is 7.09. The SMILES string of the molecule is COc1cccc(CCNCc2ccnn2C)c1. The molecule has 0 saturated heterocycles. The fourth-order valence-electron chi connectivity index (χ4n) is 1.85. The number of aromatic nitrogens is 2. The van der Waals surface area contributed by atoms with E-state index in [-0.39, 0.29) is 0 Å². The average Bonchev–Trinajstić information content (AvgIpc) is 2.81. The zero-order chi connectivity index (χ0) is 12.8. The van der Waals surface area contributed by atoms with Crippen LogP contribution < -0.4 is 10.1 Å². The van der Waals surface area contributed by atoms with Crippen molar-refractivity contribution in [2.45, 2.75) is 13.0 Å². The lowest BCUT2D eigenvalue weighted by Gasteiger charge is -2.06. The molecule has 0 bridgehead atoms. The molecule has 0 radical (unpaired) electrons. The first kappa shape index (κ1) is 12.6. The molecule has 4 nitrogen and oxygen atoms in total. The van der Waals surface area contributed by atoms with Gasteiger partial charge in [0.15, 0.2) is 0 Å². The molecule has 1 heterocycles. The van der Waals surface area contributed by atoms with E-state index in [9.17, 15) is 0 Å². The fraction of sp³-hybridized carbons (Fsp3) is 0.357. The number of nitrogens with one attached hydrogen (secondary N) is 1. The third-order valence-electron chi connectivity index (χ3n) is 2.95. The lowest BCUT2D eigenvalue weighted by Crippen LogP contribution is -2.18. The van der Waals surface area contributed by atoms with Gasteiger partial charge in [0.1, 0.15) is 5.75 Å². The first-order chi connectivity index (χ1) is 8.79. The summed E-state index contributed by atoms with van der Waals surface area (Å²) in [5.74, 6) is 0.916. The van der Waals surface area contributed by atoms with Crippen LogP contribution in [0.1, 0.15) is 11.3 Å². The Kier molecular flexibility index (Phi) is 4.36. The topological polar surface area (TPSA) is 39.1 Å². The number of aryl methyl sites for hydroxylation is 1. The second-order valence-electron chi connectivity index (χ2n) is 4.22. The Morgan fingerprint density at radius 2 is 2.22 bits per heavy atom. The Bertz CT molecular complexity index is 493. The van der Waals surface area contributed by atoms with Crippen LogP contribution in [0.4, 0.5) is 0 Å². The van der Waals surface area contributed by atoms with Gasteiger partial charge >= 0.3 is 0 Å². The summed E-state index contributed by atoms with van der Waals surface area (Å²) in [6.07, 6.45) is 2.81. The summed E-state index contributed by atoms with van der Waals surface area (Å²) in [7, 11) is 3.65. The van der Waals surface area contributed by atoms with E-state index in [0.717, 1.165) is 25.3 Å². The molecule has 18 heavy (non-hydrogen) atoms. The maximum absolute atomic E-state index is 5.20. The highest BCUT2D eigenvalue weighted by atomic mass is 16.5. The molecule has 96 valence electrons. The van der Waals surface area contributed by atoms with E-state index in [1.165, 1.54) is 11.3 Å². The van der Waals surface area contributed by atoms with E-state index >= 15 is 0 Å². The van der Waals surface area contributed by atoms with Gasteiger partial charge in [0.05, 0.1) is 12.8 Å². The van der Waals surface area contributed by atoms with Gasteiger partial charge in [0.2, 0.25) is 0 Å². The molecule has 0 fully saturated rings. The third-order valence-corrected chi connectivity index (χ3v) is 2.95. The first-order valence-corrected chi connectivity index (χ1v) is 6.10. The Hall–Kier alpha value is -1.81. The monoisotopic (exact) mass is 245 g/mol. The lowest BCUT2D eigenvalue weighted by molar-refractivity contribution is 0.414. The van der Waals surface area contributed by atoms with Crippen molar-refractivity contribution in [3.63, 3.8) is 0 Å². The minimum atomic E-state index is 0.848. The Morgan fingerprint density at radius 1 is 1.33 bits per heavy atom. The van der Waals surface area contributed by atoms with Crippen molar-refractivity contribution in [2.75, 3.05) is 13.7 Å². The van der Waals surface area contributed by atoms with Crippen molar-refractivity contribution < 1.29 is 4.74 Å². The van der Waals surface area contributed by atoms with E-state index < -0.39 is 0 Å². The van der Waals surface area contributed by atoms with Gasteiger partial charge < -0.3 is 10.1 Å². The second-order valence-corrected chi connectivity index (χ2v) is 4.22. The predicted molar refractivity (Wildman–Crippen MR) is 71.6 cm³/mol. The van der Waals surface area contributed by atoms with Gasteiger partial charge in [0.25, 0.3) is 0 Å². The van der Waals surface area contributed by atoms with Crippen molar-refractivity contribution in [1.82, 2.24) is 15.1 Å². The van der Waals surface area contributed by atoms with Crippen LogP contribution in [0, 0.1) is 0 Å². The normalized spacial score (nSPS) is 10.6. The zero-order valence-electron chi connectivity index (χ0n) is 10.9. The minimum absolute atomic E-state index is 0.848. The second kappa shape index (κ2) is 6.21. The summed E-state index contributed by atoms with van der Waals surface area (Å²) >= 11 is 0. The van der Waals surface area contributed by atoms with E-state index in [1.54, 1.807) is 7.11 Å². The van der Waals surface area contributed by atoms with Gasteiger partial charge in [-0.05, 0) is 36.7 Å². The maximum atomic E-state index is 5.20. The van der Waals surface area contributed by atoms with Crippen molar-refractivity contribution in [2.24, 2.45) is 7.05 Å². The van der Waals surface area contributed by atoms with Gasteiger partial charge in [-0.3, -0.25) is 4.68 Å². The predicted octanol–water partition coefficient (Wildman–Crippen LogP) is 1.76. The largest absolute Gasteiger partial charge is 0.497 e. The Balaban J connectivity index is 1.76. The Morgan fingerprint density at radius 3 is 2.94 bits per heavy atom. The zero-order valence-corrected chi connectivity index (χ0v) is 10.9. The van der Waals surface area contributed by atoms with Crippen LogP contribution in [-0.4, -0.2) is 23.4 Å². The van der Waals surface area contributed by atoms with E-state index in [2.05, 4.69) is 22.5 Å². The van der Waals surface area contributed by atoms with Crippen LogP contribution in [0.2, 0.25) is 0 Å². The summed E-state index contributed by atoms with van der Waals surface area (Å²) in [6.45, 7) is 1.79. The summed E-state index contributed by atoms with van der Waals surface area (Å²) in [6, 6.07) is 10.2. The van der Waals surface area contributed by atoms with Gasteiger partial charge in [-0.15, -0.1) is 0 Å². The molecule has 0 amide bonds. The molecule has 2 rings (SSSR count). The van der Waals surface area contributed by atoms with Crippen molar-refractivity contribution in [1.29, 1.82) is 0 Å². The molecule has 0 spiro atoms. The number of nitrogens with zero attached hydrogens (tertiary/aromatic N) is 2. The molecule has 0 saturated carbocycles. The van der Waals surface area contributed by atoms with E-state index in [0.29, 0.717) is 0 Å². The summed E-state index contributed by atoms with van der Waals surface area (Å²) in [4.78, 5) is 0. The average molecular weight is 245 g/mol. The number of methoxy groups -OCH3 is 1. The van der Waals surface area contributed by atoms with Crippen LogP contribution in [-0.2, 0) is 20.0 Å². The van der Waals surface area contributed by atoms with Crippen LogP contribution in [0.5, 0.6) is 5.75 Å². The van der Waals surface area contributed by atoms with E-state index in [4.69, 9.17) is 4.74 Å². The lowest BCUT2D eigenvalue weighted by atomic mass is 10.1. The fourth-order valence-corrected chi connectivity index (χ4v) is 1.85. The highest BCUT2D eigenvalue weighted by molar-refractivity contribution is 5.28. The van der Waals surface area contributed by atoms with E-state index in [1.807, 2.05) is 36.1 Å². The van der Waals surface area contributed by atoms with Gasteiger partial charge in [-0.1, -0.05) is 12.1 Å². The molecule has 0 atom stereocenters. The molecular formula is C14H19N3O. The highest BCUT2D eigenvalue weighted by Gasteiger charge is 1.98. The molecule has 0 aliphatic carbocycles. The van der Waals surface area contributed by atoms with Crippen molar-refractivity contribution in [3.05, 3.63) is 47.8 Å². The highest BCUT2D eigenvalue weighted by Crippen LogP contribution is 2.12. The van der Waals surface area contributed by atoms with Crippen molar-refractivity contribution >= 4 is 0 Å². The molecule has 4 heteroatoms. The molecular weight excluding hydrogens is 226 g/mol. The molecule has 1 aromatic carbocycles. The van der Waals surface area contributed by atoms with Crippen LogP contribution >= 0.6 is 0 Å². The molecule has 1 aromatic heterocycles. The van der Waals surface area contributed by atoms with Gasteiger partial charge in [-0.25, -0.2) is 0 Å². The minimum Gasteiger partial charge on any atom is -0.497 e. The standard InChI is InChI=1S/C14H19N3O/c1-17-13(7-9-16-17)11-15-8-6-12-4-3-5-14(10-12)18-2/h3-5,7,9-10,15H,6,8,11H2,1-2H3. The molecule has 0 aliphatic heterocycles. The van der Waals surface area contributed by atoms with Crippen LogP contribution in [0.25, 0.3) is 0 Å². The van der Waals surface area contributed by atoms with Gasteiger partial charge in [-0.2, -0.15) is 5.10 Å². The number of benzene rings is 1. The van der Waals surface area contributed by atoms with Crippen LogP contribution in [0.3, 0.4) is 0 Å². The molecule has 0 aliphatic rings. The number of rotatable bonds is 6. The van der Waals surface area contributed by atoms with Crippen molar-refractivity contribution in [3.8, 4) is 5.75 Å². The third kappa shape index (κ3) is 3.34.